The topological polar surface area (TPSA) is 56.1 Å². The highest BCUT2D eigenvalue weighted by Gasteiger charge is 2.10. The van der Waals surface area contributed by atoms with Crippen LogP contribution < -0.4 is 5.32 Å². The smallest absolute Gasteiger partial charge is 0.241 e. The Labute approximate surface area is 116 Å². The third-order valence-corrected chi connectivity index (χ3v) is 3.14. The molecular formula is C13H16BrN3O. The number of hydrogen-bond acceptors (Lipinski definition) is 3. The minimum atomic E-state index is 0.0341. The van der Waals surface area contributed by atoms with E-state index in [1.165, 1.54) is 0 Å². The van der Waals surface area contributed by atoms with E-state index < -0.39 is 0 Å². The summed E-state index contributed by atoms with van der Waals surface area (Å²) in [7, 11) is 0. The molecule has 1 aromatic carbocycles. The van der Waals surface area contributed by atoms with Crippen molar-refractivity contribution in [3.8, 4) is 6.07 Å². The highest BCUT2D eigenvalue weighted by molar-refractivity contribution is 9.10. The summed E-state index contributed by atoms with van der Waals surface area (Å²) in [6.45, 7) is 5.49. The molecule has 0 atom stereocenters. The molecule has 1 rings (SSSR count). The zero-order valence-electron chi connectivity index (χ0n) is 10.5. The summed E-state index contributed by atoms with van der Waals surface area (Å²) in [6.07, 6.45) is 0. The van der Waals surface area contributed by atoms with E-state index in [1.807, 2.05) is 19.9 Å². The van der Waals surface area contributed by atoms with Gasteiger partial charge in [-0.2, -0.15) is 5.26 Å². The van der Waals surface area contributed by atoms with E-state index in [9.17, 15) is 4.79 Å². The molecule has 0 saturated heterocycles. The molecule has 0 bridgehead atoms. The number of hydrogen-bond donors (Lipinski definition) is 1. The Morgan fingerprint density at radius 3 is 2.67 bits per heavy atom. The Kier molecular flexibility index (Phi) is 5.66. The Morgan fingerprint density at radius 2 is 2.11 bits per heavy atom. The Bertz CT molecular complexity index is 464. The van der Waals surface area contributed by atoms with Crippen molar-refractivity contribution in [3.05, 3.63) is 28.2 Å². The predicted molar refractivity (Wildman–Crippen MR) is 75.3 cm³/mol. The van der Waals surface area contributed by atoms with Crippen LogP contribution in [0.4, 0.5) is 5.69 Å². The number of benzene rings is 1. The SMILES string of the molecule is CCN(CC)C(=O)CNc1ccc(Br)cc1C#N. The van der Waals surface area contributed by atoms with Crippen molar-refractivity contribution in [2.75, 3.05) is 25.0 Å². The molecule has 18 heavy (non-hydrogen) atoms. The van der Waals surface area contributed by atoms with Crippen LogP contribution >= 0.6 is 15.9 Å². The summed E-state index contributed by atoms with van der Waals surface area (Å²) in [5, 5.41) is 12.0. The van der Waals surface area contributed by atoms with Gasteiger partial charge < -0.3 is 10.2 Å². The van der Waals surface area contributed by atoms with Gasteiger partial charge >= 0.3 is 0 Å². The number of amides is 1. The lowest BCUT2D eigenvalue weighted by atomic mass is 10.2. The van der Waals surface area contributed by atoms with Gasteiger partial charge in [-0.1, -0.05) is 15.9 Å². The lowest BCUT2D eigenvalue weighted by Crippen LogP contribution is -2.35. The quantitative estimate of drug-likeness (QED) is 0.909. The molecule has 0 spiro atoms. The van der Waals surface area contributed by atoms with Gasteiger partial charge in [-0.3, -0.25) is 4.79 Å². The first-order valence-corrected chi connectivity index (χ1v) is 6.63. The van der Waals surface area contributed by atoms with Crippen molar-refractivity contribution in [1.29, 1.82) is 5.26 Å². The highest BCUT2D eigenvalue weighted by atomic mass is 79.9. The average Bonchev–Trinajstić information content (AvgIpc) is 2.38. The number of nitrogens with zero attached hydrogens (tertiary/aromatic N) is 2. The van der Waals surface area contributed by atoms with E-state index in [1.54, 1.807) is 17.0 Å². The van der Waals surface area contributed by atoms with Gasteiger partial charge in [-0.15, -0.1) is 0 Å². The maximum absolute atomic E-state index is 11.8. The van der Waals surface area contributed by atoms with Crippen LogP contribution in [0.1, 0.15) is 19.4 Å². The largest absolute Gasteiger partial charge is 0.375 e. The van der Waals surface area contributed by atoms with Gasteiger partial charge in [0.15, 0.2) is 0 Å². The zero-order chi connectivity index (χ0) is 13.5. The van der Waals surface area contributed by atoms with E-state index in [0.29, 0.717) is 24.3 Å². The average molecular weight is 310 g/mol. The first-order chi connectivity index (χ1) is 8.62. The van der Waals surface area contributed by atoms with E-state index in [0.717, 1.165) is 4.47 Å². The maximum Gasteiger partial charge on any atom is 0.241 e. The van der Waals surface area contributed by atoms with Crippen LogP contribution in [-0.4, -0.2) is 30.4 Å². The summed E-state index contributed by atoms with van der Waals surface area (Å²) in [5.74, 6) is 0.0341. The van der Waals surface area contributed by atoms with Crippen molar-refractivity contribution in [2.24, 2.45) is 0 Å². The van der Waals surface area contributed by atoms with Crippen molar-refractivity contribution in [1.82, 2.24) is 4.90 Å². The van der Waals surface area contributed by atoms with Gasteiger partial charge in [0.05, 0.1) is 17.8 Å². The second kappa shape index (κ2) is 7.02. The molecule has 0 heterocycles. The third-order valence-electron chi connectivity index (χ3n) is 2.65. The van der Waals surface area contributed by atoms with Crippen LogP contribution in [0.5, 0.6) is 0 Å². The van der Waals surface area contributed by atoms with Crippen LogP contribution in [0.25, 0.3) is 0 Å². The second-order valence-corrected chi connectivity index (χ2v) is 4.64. The molecule has 0 saturated carbocycles. The molecule has 96 valence electrons. The van der Waals surface area contributed by atoms with Gasteiger partial charge in [-0.25, -0.2) is 0 Å². The minimum Gasteiger partial charge on any atom is -0.375 e. The number of rotatable bonds is 5. The number of carbonyl (C=O) groups excluding carboxylic acids is 1. The number of carbonyl (C=O) groups is 1. The molecule has 1 N–H and O–H groups in total. The van der Waals surface area contributed by atoms with Crippen molar-refractivity contribution < 1.29 is 4.79 Å². The summed E-state index contributed by atoms with van der Waals surface area (Å²) in [6, 6.07) is 7.45. The van der Waals surface area contributed by atoms with Crippen molar-refractivity contribution >= 4 is 27.5 Å². The summed E-state index contributed by atoms with van der Waals surface area (Å²) >= 11 is 3.31. The summed E-state index contributed by atoms with van der Waals surface area (Å²) < 4.78 is 0.847. The van der Waals surface area contributed by atoms with E-state index in [-0.39, 0.29) is 12.5 Å². The second-order valence-electron chi connectivity index (χ2n) is 3.72. The van der Waals surface area contributed by atoms with Crippen LogP contribution in [-0.2, 0) is 4.79 Å². The number of nitrogens with one attached hydrogen (secondary N) is 1. The minimum absolute atomic E-state index is 0.0341. The standard InChI is InChI=1S/C13H16BrN3O/c1-3-17(4-2)13(18)9-16-12-6-5-11(14)7-10(12)8-15/h5-7,16H,3-4,9H2,1-2H3. The zero-order valence-corrected chi connectivity index (χ0v) is 12.1. The van der Waals surface area contributed by atoms with Crippen molar-refractivity contribution in [3.63, 3.8) is 0 Å². The van der Waals surface area contributed by atoms with Gasteiger partial charge in [-0.05, 0) is 32.0 Å². The summed E-state index contributed by atoms with van der Waals surface area (Å²) in [5.41, 5.74) is 1.21. The monoisotopic (exact) mass is 309 g/mol. The van der Waals surface area contributed by atoms with E-state index in [2.05, 4.69) is 27.3 Å². The molecule has 1 aromatic rings. The highest BCUT2D eigenvalue weighted by Crippen LogP contribution is 2.20. The molecular weight excluding hydrogens is 294 g/mol. The van der Waals surface area contributed by atoms with Crippen LogP contribution in [0.2, 0.25) is 0 Å². The normalized spacial score (nSPS) is 9.67. The first kappa shape index (κ1) is 14.5. The molecule has 4 nitrogen and oxygen atoms in total. The number of nitriles is 1. The van der Waals surface area contributed by atoms with Crippen LogP contribution in [0.15, 0.2) is 22.7 Å². The van der Waals surface area contributed by atoms with E-state index in [4.69, 9.17) is 5.26 Å². The molecule has 5 heteroatoms. The number of anilines is 1. The number of halogens is 1. The molecule has 1 amide bonds. The van der Waals surface area contributed by atoms with Gasteiger partial charge in [0, 0.05) is 17.6 Å². The molecule has 0 aliphatic heterocycles. The summed E-state index contributed by atoms with van der Waals surface area (Å²) in [4.78, 5) is 13.6. The molecule has 0 unspecified atom stereocenters. The lowest BCUT2D eigenvalue weighted by Gasteiger charge is -2.19. The fourth-order valence-electron chi connectivity index (χ4n) is 1.62. The molecule has 0 aromatic heterocycles. The fourth-order valence-corrected chi connectivity index (χ4v) is 1.98. The lowest BCUT2D eigenvalue weighted by molar-refractivity contribution is -0.128. The Balaban J connectivity index is 2.70. The van der Waals surface area contributed by atoms with Crippen LogP contribution in [0.3, 0.4) is 0 Å². The molecule has 0 aliphatic carbocycles. The predicted octanol–water partition coefficient (Wildman–Crippen LogP) is 2.60. The van der Waals surface area contributed by atoms with E-state index >= 15 is 0 Å². The maximum atomic E-state index is 11.8. The van der Waals surface area contributed by atoms with Crippen LogP contribution in [0, 0.1) is 11.3 Å². The van der Waals surface area contributed by atoms with Crippen molar-refractivity contribution in [2.45, 2.75) is 13.8 Å². The molecule has 0 aliphatic rings. The number of likely N-dealkylation sites (N-methyl/N-ethyl adjacent to an activating group) is 1. The third kappa shape index (κ3) is 3.74. The van der Waals surface area contributed by atoms with Gasteiger partial charge in [0.1, 0.15) is 6.07 Å². The fraction of sp³-hybridized carbons (Fsp3) is 0.385. The molecule has 0 fully saturated rings. The van der Waals surface area contributed by atoms with Gasteiger partial charge in [0.25, 0.3) is 0 Å². The Hall–Kier alpha value is -1.54. The Morgan fingerprint density at radius 1 is 1.44 bits per heavy atom. The first-order valence-electron chi connectivity index (χ1n) is 5.83. The molecule has 0 radical (unpaired) electrons. The van der Waals surface area contributed by atoms with Gasteiger partial charge in [0.2, 0.25) is 5.91 Å².